The molecule has 1 atom stereocenters. The molecule has 1 rings (SSSR count). The molecule has 1 aromatic rings. The minimum Gasteiger partial charge on any atom is -0.330 e. The molecule has 0 bridgehead atoms. The number of rotatable bonds is 9. The summed E-state index contributed by atoms with van der Waals surface area (Å²) < 4.78 is 0. The van der Waals surface area contributed by atoms with Crippen LogP contribution < -0.4 is 11.1 Å². The fourth-order valence-corrected chi connectivity index (χ4v) is 2.20. The standard InChI is InChI=1S/C17H28N2O/c1-3-5-6-7-15-8-10-16(11-9-15)19-17(20)12-14(4-2)13-18/h8-11,14H,3-7,12-13,18H2,1-2H3,(H,19,20). The molecule has 0 aromatic heterocycles. The van der Waals surface area contributed by atoms with Gasteiger partial charge in [0.1, 0.15) is 0 Å². The van der Waals surface area contributed by atoms with Gasteiger partial charge in [-0.25, -0.2) is 0 Å². The van der Waals surface area contributed by atoms with Gasteiger partial charge in [-0.05, 0) is 43.0 Å². The summed E-state index contributed by atoms with van der Waals surface area (Å²) >= 11 is 0. The minimum absolute atomic E-state index is 0.0565. The topological polar surface area (TPSA) is 55.1 Å². The highest BCUT2D eigenvalue weighted by molar-refractivity contribution is 5.90. The smallest absolute Gasteiger partial charge is 0.224 e. The summed E-state index contributed by atoms with van der Waals surface area (Å²) in [4.78, 5) is 11.9. The zero-order valence-corrected chi connectivity index (χ0v) is 12.8. The predicted octanol–water partition coefficient (Wildman–Crippen LogP) is 3.73. The molecule has 1 aromatic carbocycles. The summed E-state index contributed by atoms with van der Waals surface area (Å²) in [6.07, 6.45) is 6.32. The van der Waals surface area contributed by atoms with Gasteiger partial charge in [-0.15, -0.1) is 0 Å². The molecule has 0 aliphatic carbocycles. The first-order valence-corrected chi connectivity index (χ1v) is 7.78. The highest BCUT2D eigenvalue weighted by atomic mass is 16.1. The van der Waals surface area contributed by atoms with Crippen molar-refractivity contribution in [1.29, 1.82) is 0 Å². The molecule has 20 heavy (non-hydrogen) atoms. The van der Waals surface area contributed by atoms with Gasteiger partial charge in [-0.2, -0.15) is 0 Å². The van der Waals surface area contributed by atoms with E-state index in [1.165, 1.54) is 24.8 Å². The lowest BCUT2D eigenvalue weighted by Gasteiger charge is -2.12. The fourth-order valence-electron chi connectivity index (χ4n) is 2.20. The Bertz CT molecular complexity index is 382. The second-order valence-corrected chi connectivity index (χ2v) is 5.42. The van der Waals surface area contributed by atoms with Crippen molar-refractivity contribution >= 4 is 11.6 Å². The fraction of sp³-hybridized carbons (Fsp3) is 0.588. The van der Waals surface area contributed by atoms with Crippen LogP contribution in [0.2, 0.25) is 0 Å². The first-order chi connectivity index (χ1) is 9.69. The monoisotopic (exact) mass is 276 g/mol. The molecule has 0 aliphatic heterocycles. The van der Waals surface area contributed by atoms with E-state index in [2.05, 4.69) is 31.3 Å². The third-order valence-corrected chi connectivity index (χ3v) is 3.69. The molecule has 1 amide bonds. The number of aryl methyl sites for hydroxylation is 1. The molecule has 0 saturated carbocycles. The van der Waals surface area contributed by atoms with Crippen LogP contribution in [0.3, 0.4) is 0 Å². The van der Waals surface area contributed by atoms with E-state index >= 15 is 0 Å². The lowest BCUT2D eigenvalue weighted by molar-refractivity contribution is -0.117. The second-order valence-electron chi connectivity index (χ2n) is 5.42. The quantitative estimate of drug-likeness (QED) is 0.675. The van der Waals surface area contributed by atoms with Crippen LogP contribution in [0.5, 0.6) is 0 Å². The summed E-state index contributed by atoms with van der Waals surface area (Å²) in [5.41, 5.74) is 7.84. The largest absolute Gasteiger partial charge is 0.330 e. The summed E-state index contributed by atoms with van der Waals surface area (Å²) in [5.74, 6) is 0.337. The number of nitrogens with two attached hydrogens (primary N) is 1. The van der Waals surface area contributed by atoms with Gasteiger partial charge in [0.05, 0.1) is 0 Å². The molecule has 3 N–H and O–H groups in total. The SMILES string of the molecule is CCCCCc1ccc(NC(=O)CC(CC)CN)cc1. The highest BCUT2D eigenvalue weighted by Gasteiger charge is 2.10. The van der Waals surface area contributed by atoms with Crippen molar-refractivity contribution in [3.05, 3.63) is 29.8 Å². The summed E-state index contributed by atoms with van der Waals surface area (Å²) in [6, 6.07) is 8.18. The first-order valence-electron chi connectivity index (χ1n) is 7.78. The Morgan fingerprint density at radius 3 is 2.45 bits per heavy atom. The lowest BCUT2D eigenvalue weighted by Crippen LogP contribution is -2.21. The summed E-state index contributed by atoms with van der Waals surface area (Å²) in [6.45, 7) is 4.85. The Morgan fingerprint density at radius 2 is 1.90 bits per heavy atom. The molecule has 0 heterocycles. The van der Waals surface area contributed by atoms with E-state index in [1.54, 1.807) is 0 Å². The van der Waals surface area contributed by atoms with Crippen molar-refractivity contribution in [1.82, 2.24) is 0 Å². The van der Waals surface area contributed by atoms with Crippen LogP contribution in [0.15, 0.2) is 24.3 Å². The molecule has 3 heteroatoms. The number of carbonyl (C=O) groups is 1. The van der Waals surface area contributed by atoms with Crippen molar-refractivity contribution in [2.45, 2.75) is 52.4 Å². The van der Waals surface area contributed by atoms with Gasteiger partial charge in [0, 0.05) is 12.1 Å². The highest BCUT2D eigenvalue weighted by Crippen LogP contribution is 2.14. The van der Waals surface area contributed by atoms with E-state index < -0.39 is 0 Å². The maximum Gasteiger partial charge on any atom is 0.224 e. The number of benzene rings is 1. The molecule has 0 aliphatic rings. The Morgan fingerprint density at radius 1 is 1.20 bits per heavy atom. The number of carbonyl (C=O) groups excluding carboxylic acids is 1. The number of hydrogen-bond donors (Lipinski definition) is 2. The van der Waals surface area contributed by atoms with Gasteiger partial charge < -0.3 is 11.1 Å². The normalized spacial score (nSPS) is 12.2. The van der Waals surface area contributed by atoms with Crippen LogP contribution in [-0.2, 0) is 11.2 Å². The maximum absolute atomic E-state index is 11.9. The van der Waals surface area contributed by atoms with Crippen LogP contribution in [0.25, 0.3) is 0 Å². The van der Waals surface area contributed by atoms with Gasteiger partial charge in [-0.1, -0.05) is 45.2 Å². The van der Waals surface area contributed by atoms with Crippen LogP contribution in [0.4, 0.5) is 5.69 Å². The van der Waals surface area contributed by atoms with Gasteiger partial charge in [0.15, 0.2) is 0 Å². The van der Waals surface area contributed by atoms with Crippen LogP contribution in [0.1, 0.15) is 51.5 Å². The average Bonchev–Trinajstić information content (AvgIpc) is 2.47. The van der Waals surface area contributed by atoms with E-state index in [-0.39, 0.29) is 11.8 Å². The van der Waals surface area contributed by atoms with Gasteiger partial charge in [0.25, 0.3) is 0 Å². The van der Waals surface area contributed by atoms with Gasteiger partial charge in [0.2, 0.25) is 5.91 Å². The van der Waals surface area contributed by atoms with E-state index in [1.807, 2.05) is 12.1 Å². The minimum atomic E-state index is 0.0565. The number of anilines is 1. The molecular weight excluding hydrogens is 248 g/mol. The molecule has 0 saturated heterocycles. The maximum atomic E-state index is 11.9. The molecule has 0 radical (unpaired) electrons. The van der Waals surface area contributed by atoms with E-state index in [9.17, 15) is 4.79 Å². The van der Waals surface area contributed by atoms with Crippen LogP contribution in [-0.4, -0.2) is 12.5 Å². The number of nitrogens with one attached hydrogen (secondary N) is 1. The van der Waals surface area contributed by atoms with Crippen molar-refractivity contribution in [2.75, 3.05) is 11.9 Å². The third kappa shape index (κ3) is 6.20. The van der Waals surface area contributed by atoms with Crippen molar-refractivity contribution < 1.29 is 4.79 Å². The zero-order chi connectivity index (χ0) is 14.8. The van der Waals surface area contributed by atoms with Crippen molar-refractivity contribution in [3.8, 4) is 0 Å². The van der Waals surface area contributed by atoms with Crippen molar-refractivity contribution in [2.24, 2.45) is 11.7 Å². The zero-order valence-electron chi connectivity index (χ0n) is 12.8. The molecule has 0 spiro atoms. The number of amides is 1. The van der Waals surface area contributed by atoms with Crippen LogP contribution in [0, 0.1) is 5.92 Å². The van der Waals surface area contributed by atoms with E-state index in [0.29, 0.717) is 13.0 Å². The van der Waals surface area contributed by atoms with Gasteiger partial charge in [-0.3, -0.25) is 4.79 Å². The number of hydrogen-bond acceptors (Lipinski definition) is 2. The van der Waals surface area contributed by atoms with Crippen LogP contribution >= 0.6 is 0 Å². The Kier molecular flexibility index (Phi) is 7.97. The number of unbranched alkanes of at least 4 members (excludes halogenated alkanes) is 2. The van der Waals surface area contributed by atoms with Gasteiger partial charge >= 0.3 is 0 Å². The Hall–Kier alpha value is -1.35. The first kappa shape index (κ1) is 16.7. The Balaban J connectivity index is 2.42. The Labute approximate surface area is 122 Å². The molecule has 3 nitrogen and oxygen atoms in total. The summed E-state index contributed by atoms with van der Waals surface area (Å²) in [7, 11) is 0. The molecule has 0 fully saturated rings. The third-order valence-electron chi connectivity index (χ3n) is 3.69. The summed E-state index contributed by atoms with van der Waals surface area (Å²) in [5, 5.41) is 2.94. The molecule has 112 valence electrons. The second kappa shape index (κ2) is 9.54. The van der Waals surface area contributed by atoms with Crippen molar-refractivity contribution in [3.63, 3.8) is 0 Å². The lowest BCUT2D eigenvalue weighted by atomic mass is 10.0. The molecule has 1 unspecified atom stereocenters. The van der Waals surface area contributed by atoms with E-state index in [0.717, 1.165) is 18.5 Å². The molecular formula is C17H28N2O. The van der Waals surface area contributed by atoms with E-state index in [4.69, 9.17) is 5.73 Å². The average molecular weight is 276 g/mol. The predicted molar refractivity (Wildman–Crippen MR) is 85.8 cm³/mol.